The van der Waals surface area contributed by atoms with Crippen molar-refractivity contribution >= 4 is 0 Å². The number of hydrogen-bond donors (Lipinski definition) is 0. The van der Waals surface area contributed by atoms with Crippen molar-refractivity contribution in [2.24, 2.45) is 0 Å². The van der Waals surface area contributed by atoms with Crippen molar-refractivity contribution in [3.05, 3.63) is 18.4 Å². The monoisotopic (exact) mass is 123 g/mol. The second-order valence-electron chi connectivity index (χ2n) is 2.50. The molecule has 0 amide bonds. The Bertz CT molecular complexity index is 177. The van der Waals surface area contributed by atoms with Gasteiger partial charge < -0.3 is 4.42 Å². The van der Waals surface area contributed by atoms with Crippen LogP contribution in [0.3, 0.4) is 0 Å². The molecule has 0 spiro atoms. The van der Waals surface area contributed by atoms with Gasteiger partial charge >= 0.3 is 0 Å². The Morgan fingerprint density at radius 1 is 1.56 bits per heavy atom. The van der Waals surface area contributed by atoms with Gasteiger partial charge in [0.2, 0.25) is 0 Å². The van der Waals surface area contributed by atoms with E-state index < -0.39 is 0 Å². The highest BCUT2D eigenvalue weighted by molar-refractivity contribution is 4.96. The smallest absolute Gasteiger partial charge is 0.197 e. The standard InChI is InChI=1S/C7H9NO/c1-2-6(3-1)7-8-4-5-9-7/h4-6H,1-3H2. The Hall–Kier alpha value is -0.790. The lowest BCUT2D eigenvalue weighted by Gasteiger charge is -2.21. The van der Waals surface area contributed by atoms with Gasteiger partial charge in [-0.1, -0.05) is 6.42 Å². The molecular weight excluding hydrogens is 114 g/mol. The van der Waals surface area contributed by atoms with Crippen LogP contribution in [0.4, 0.5) is 0 Å². The second kappa shape index (κ2) is 1.87. The molecule has 1 aliphatic rings. The molecule has 0 saturated heterocycles. The Balaban J connectivity index is 2.14. The Labute approximate surface area is 53.9 Å². The molecule has 9 heavy (non-hydrogen) atoms. The second-order valence-corrected chi connectivity index (χ2v) is 2.50. The van der Waals surface area contributed by atoms with Crippen LogP contribution in [0.2, 0.25) is 0 Å². The molecule has 0 atom stereocenters. The lowest BCUT2D eigenvalue weighted by molar-refractivity contribution is 0.335. The summed E-state index contributed by atoms with van der Waals surface area (Å²) in [6.07, 6.45) is 7.23. The van der Waals surface area contributed by atoms with Gasteiger partial charge in [-0.15, -0.1) is 0 Å². The zero-order valence-electron chi connectivity index (χ0n) is 5.21. The van der Waals surface area contributed by atoms with Crippen LogP contribution < -0.4 is 0 Å². The van der Waals surface area contributed by atoms with Gasteiger partial charge in [-0.3, -0.25) is 0 Å². The van der Waals surface area contributed by atoms with Crippen molar-refractivity contribution in [2.75, 3.05) is 0 Å². The Morgan fingerprint density at radius 3 is 2.89 bits per heavy atom. The molecule has 48 valence electrons. The quantitative estimate of drug-likeness (QED) is 0.570. The normalized spacial score (nSPS) is 19.6. The first-order valence-electron chi connectivity index (χ1n) is 3.36. The van der Waals surface area contributed by atoms with E-state index in [9.17, 15) is 0 Å². The highest BCUT2D eigenvalue weighted by Crippen LogP contribution is 2.34. The molecule has 2 rings (SSSR count). The molecule has 0 aliphatic heterocycles. The van der Waals surface area contributed by atoms with Crippen molar-refractivity contribution in [1.82, 2.24) is 4.98 Å². The lowest BCUT2D eigenvalue weighted by atomic mass is 9.85. The summed E-state index contributed by atoms with van der Waals surface area (Å²) in [6, 6.07) is 0. The summed E-state index contributed by atoms with van der Waals surface area (Å²) in [5, 5.41) is 0. The van der Waals surface area contributed by atoms with E-state index in [2.05, 4.69) is 4.98 Å². The fourth-order valence-corrected chi connectivity index (χ4v) is 1.09. The maximum atomic E-state index is 5.13. The van der Waals surface area contributed by atoms with Gasteiger partial charge in [0.05, 0.1) is 6.20 Å². The fraction of sp³-hybridized carbons (Fsp3) is 0.571. The highest BCUT2D eigenvalue weighted by Gasteiger charge is 2.22. The third kappa shape index (κ3) is 0.745. The van der Waals surface area contributed by atoms with Crippen LogP contribution in [0.25, 0.3) is 0 Å². The number of aromatic nitrogens is 1. The maximum Gasteiger partial charge on any atom is 0.197 e. The van der Waals surface area contributed by atoms with E-state index in [0.29, 0.717) is 5.92 Å². The van der Waals surface area contributed by atoms with Gasteiger partial charge in [-0.25, -0.2) is 4.98 Å². The highest BCUT2D eigenvalue weighted by atomic mass is 16.3. The topological polar surface area (TPSA) is 26.0 Å². The predicted molar refractivity (Wildman–Crippen MR) is 33.1 cm³/mol. The van der Waals surface area contributed by atoms with Crippen LogP contribution in [0.5, 0.6) is 0 Å². The van der Waals surface area contributed by atoms with Gasteiger partial charge in [0.25, 0.3) is 0 Å². The van der Waals surface area contributed by atoms with E-state index >= 15 is 0 Å². The minimum absolute atomic E-state index is 0.639. The molecule has 0 aromatic carbocycles. The molecule has 1 fully saturated rings. The molecule has 2 nitrogen and oxygen atoms in total. The van der Waals surface area contributed by atoms with Gasteiger partial charge in [0.1, 0.15) is 6.26 Å². The first-order valence-corrected chi connectivity index (χ1v) is 3.36. The van der Waals surface area contributed by atoms with Gasteiger partial charge in [-0.05, 0) is 12.8 Å². The van der Waals surface area contributed by atoms with E-state index in [4.69, 9.17) is 4.42 Å². The van der Waals surface area contributed by atoms with Crippen LogP contribution >= 0.6 is 0 Å². The molecule has 2 heteroatoms. The number of nitrogens with zero attached hydrogens (tertiary/aromatic N) is 1. The zero-order chi connectivity index (χ0) is 6.10. The van der Waals surface area contributed by atoms with E-state index in [-0.39, 0.29) is 0 Å². The predicted octanol–water partition coefficient (Wildman–Crippen LogP) is 1.94. The molecule has 0 unspecified atom stereocenters. The van der Waals surface area contributed by atoms with E-state index in [1.807, 2.05) is 0 Å². The SMILES string of the molecule is c1coc(C2CCC2)n1. The molecule has 1 aromatic heterocycles. The van der Waals surface area contributed by atoms with Gasteiger partial charge in [0.15, 0.2) is 5.89 Å². The van der Waals surface area contributed by atoms with Crippen LogP contribution in [0.15, 0.2) is 16.9 Å². The Morgan fingerprint density at radius 2 is 2.44 bits per heavy atom. The molecule has 0 radical (unpaired) electrons. The van der Waals surface area contributed by atoms with E-state index in [1.54, 1.807) is 12.5 Å². The van der Waals surface area contributed by atoms with Crippen molar-refractivity contribution in [3.8, 4) is 0 Å². The molecule has 1 aliphatic carbocycles. The first kappa shape index (κ1) is 5.03. The zero-order valence-corrected chi connectivity index (χ0v) is 5.21. The molecule has 1 heterocycles. The minimum atomic E-state index is 0.639. The lowest BCUT2D eigenvalue weighted by Crippen LogP contribution is -2.08. The van der Waals surface area contributed by atoms with Crippen LogP contribution in [-0.2, 0) is 0 Å². The largest absolute Gasteiger partial charge is 0.449 e. The molecule has 1 saturated carbocycles. The summed E-state index contributed by atoms with van der Waals surface area (Å²) < 4.78 is 5.13. The van der Waals surface area contributed by atoms with Crippen molar-refractivity contribution < 1.29 is 4.42 Å². The third-order valence-electron chi connectivity index (χ3n) is 1.91. The summed E-state index contributed by atoms with van der Waals surface area (Å²) in [7, 11) is 0. The van der Waals surface area contributed by atoms with Crippen LogP contribution in [0.1, 0.15) is 31.1 Å². The molecule has 0 bridgehead atoms. The van der Waals surface area contributed by atoms with Crippen molar-refractivity contribution in [1.29, 1.82) is 0 Å². The maximum absolute atomic E-state index is 5.13. The summed E-state index contributed by atoms with van der Waals surface area (Å²) in [6.45, 7) is 0. The molecule has 0 N–H and O–H groups in total. The molecular formula is C7H9NO. The van der Waals surface area contributed by atoms with Gasteiger partial charge in [0, 0.05) is 5.92 Å². The number of rotatable bonds is 1. The first-order chi connectivity index (χ1) is 4.47. The number of oxazole rings is 1. The molecule has 1 aromatic rings. The summed E-state index contributed by atoms with van der Waals surface area (Å²) in [5.74, 6) is 1.57. The summed E-state index contributed by atoms with van der Waals surface area (Å²) in [5.41, 5.74) is 0. The van der Waals surface area contributed by atoms with Gasteiger partial charge in [-0.2, -0.15) is 0 Å². The van der Waals surface area contributed by atoms with Crippen LogP contribution in [-0.4, -0.2) is 4.98 Å². The van der Waals surface area contributed by atoms with Crippen molar-refractivity contribution in [2.45, 2.75) is 25.2 Å². The number of hydrogen-bond acceptors (Lipinski definition) is 2. The van der Waals surface area contributed by atoms with E-state index in [0.717, 1.165) is 5.89 Å². The summed E-state index contributed by atoms with van der Waals surface area (Å²) >= 11 is 0. The average molecular weight is 123 g/mol. The minimum Gasteiger partial charge on any atom is -0.449 e. The van der Waals surface area contributed by atoms with E-state index in [1.165, 1.54) is 19.3 Å². The van der Waals surface area contributed by atoms with Crippen molar-refractivity contribution in [3.63, 3.8) is 0 Å². The van der Waals surface area contributed by atoms with Crippen LogP contribution in [0, 0.1) is 0 Å². The fourth-order valence-electron chi connectivity index (χ4n) is 1.09. The third-order valence-corrected chi connectivity index (χ3v) is 1.91. The Kier molecular flexibility index (Phi) is 1.04. The summed E-state index contributed by atoms with van der Waals surface area (Å²) in [4.78, 5) is 4.07. The average Bonchev–Trinajstić information content (AvgIpc) is 2.11.